The Bertz CT molecular complexity index is 722. The van der Waals surface area contributed by atoms with E-state index in [1.54, 1.807) is 12.4 Å². The highest BCUT2D eigenvalue weighted by Crippen LogP contribution is 2.24. The van der Waals surface area contributed by atoms with E-state index >= 15 is 0 Å². The molecule has 3 rings (SSSR count). The van der Waals surface area contributed by atoms with Crippen molar-refractivity contribution >= 4 is 16.9 Å². The normalized spacial score (nSPS) is 10.7. The highest BCUT2D eigenvalue weighted by molar-refractivity contribution is 5.84. The summed E-state index contributed by atoms with van der Waals surface area (Å²) in [5, 5.41) is 0.965. The molecule has 0 unspecified atom stereocenters. The van der Waals surface area contributed by atoms with E-state index in [0.29, 0.717) is 5.95 Å². The third-order valence-electron chi connectivity index (χ3n) is 2.88. The summed E-state index contributed by atoms with van der Waals surface area (Å²) < 4.78 is 0. The van der Waals surface area contributed by atoms with E-state index in [4.69, 9.17) is 5.73 Å². The van der Waals surface area contributed by atoms with E-state index in [-0.39, 0.29) is 0 Å². The molecule has 0 spiro atoms. The van der Waals surface area contributed by atoms with Crippen LogP contribution in [0.15, 0.2) is 42.7 Å². The summed E-state index contributed by atoms with van der Waals surface area (Å²) in [6.07, 6.45) is 3.53. The van der Waals surface area contributed by atoms with Crippen LogP contribution in [0, 0.1) is 6.92 Å². The first-order chi connectivity index (χ1) is 8.74. The number of hydrogen-bond donors (Lipinski definition) is 1. The number of nitrogens with two attached hydrogens (primary N) is 1. The van der Waals surface area contributed by atoms with Gasteiger partial charge in [-0.3, -0.25) is 4.98 Å². The fourth-order valence-electron chi connectivity index (χ4n) is 1.98. The number of rotatable bonds is 1. The fraction of sp³-hybridized carbons (Fsp3) is 0.0714. The van der Waals surface area contributed by atoms with Crippen LogP contribution in [-0.2, 0) is 0 Å². The molecule has 2 heterocycles. The summed E-state index contributed by atoms with van der Waals surface area (Å²) in [4.78, 5) is 12.6. The summed E-state index contributed by atoms with van der Waals surface area (Å²) in [6.45, 7) is 2.05. The number of anilines is 1. The maximum Gasteiger partial charge on any atom is 0.220 e. The molecule has 0 aliphatic rings. The zero-order chi connectivity index (χ0) is 12.5. The Hall–Kier alpha value is -2.49. The lowest BCUT2D eigenvalue weighted by Gasteiger charge is -2.05. The molecular formula is C14H12N4. The van der Waals surface area contributed by atoms with Crippen LogP contribution in [0.25, 0.3) is 22.2 Å². The van der Waals surface area contributed by atoms with Gasteiger partial charge in [-0.15, -0.1) is 0 Å². The van der Waals surface area contributed by atoms with Crippen molar-refractivity contribution in [2.45, 2.75) is 6.92 Å². The van der Waals surface area contributed by atoms with Crippen LogP contribution in [0.4, 0.5) is 5.95 Å². The first kappa shape index (κ1) is 10.7. The summed E-state index contributed by atoms with van der Waals surface area (Å²) >= 11 is 0. The Kier molecular flexibility index (Phi) is 2.41. The largest absolute Gasteiger partial charge is 0.368 e. The second kappa shape index (κ2) is 4.07. The number of nitrogens with zero attached hydrogens (tertiary/aromatic N) is 3. The van der Waals surface area contributed by atoms with E-state index in [1.807, 2.05) is 37.3 Å². The van der Waals surface area contributed by atoms with Crippen LogP contribution in [0.3, 0.4) is 0 Å². The molecule has 1 aromatic carbocycles. The maximum absolute atomic E-state index is 5.56. The number of benzene rings is 1. The van der Waals surface area contributed by atoms with Crippen molar-refractivity contribution in [1.82, 2.24) is 15.0 Å². The average molecular weight is 236 g/mol. The second-order valence-corrected chi connectivity index (χ2v) is 4.17. The molecule has 88 valence electrons. The van der Waals surface area contributed by atoms with E-state index in [1.165, 1.54) is 0 Å². The highest BCUT2D eigenvalue weighted by Gasteiger charge is 2.04. The van der Waals surface area contributed by atoms with Gasteiger partial charge in [-0.05, 0) is 30.7 Å². The molecule has 0 saturated carbocycles. The number of hydrogen-bond acceptors (Lipinski definition) is 4. The van der Waals surface area contributed by atoms with Crippen LogP contribution in [0.2, 0.25) is 0 Å². The van der Waals surface area contributed by atoms with Crippen LogP contribution in [0.5, 0.6) is 0 Å². The first-order valence-corrected chi connectivity index (χ1v) is 5.68. The van der Waals surface area contributed by atoms with Crippen LogP contribution in [-0.4, -0.2) is 15.0 Å². The molecule has 0 atom stereocenters. The van der Waals surface area contributed by atoms with Gasteiger partial charge in [-0.1, -0.05) is 12.1 Å². The SMILES string of the molecule is Cc1cccnc1-c1ccc2nc(N)ncc2c1. The lowest BCUT2D eigenvalue weighted by Crippen LogP contribution is -1.94. The zero-order valence-electron chi connectivity index (χ0n) is 9.96. The molecule has 0 amide bonds. The van der Waals surface area contributed by atoms with Crippen LogP contribution >= 0.6 is 0 Å². The number of fused-ring (bicyclic) bond motifs is 1. The molecule has 0 aliphatic carbocycles. The van der Waals surface area contributed by atoms with Crippen molar-refractivity contribution < 1.29 is 0 Å². The van der Waals surface area contributed by atoms with Crippen LogP contribution in [0.1, 0.15) is 5.56 Å². The second-order valence-electron chi connectivity index (χ2n) is 4.17. The Morgan fingerprint density at radius 2 is 2.00 bits per heavy atom. The van der Waals surface area contributed by atoms with Gasteiger partial charge in [0.2, 0.25) is 5.95 Å². The average Bonchev–Trinajstić information content (AvgIpc) is 2.39. The monoisotopic (exact) mass is 236 g/mol. The molecule has 18 heavy (non-hydrogen) atoms. The van der Waals surface area contributed by atoms with Crippen molar-refractivity contribution in [3.63, 3.8) is 0 Å². The minimum Gasteiger partial charge on any atom is -0.368 e. The molecule has 0 saturated heterocycles. The Balaban J connectivity index is 2.20. The minimum atomic E-state index is 0.296. The Morgan fingerprint density at radius 3 is 2.83 bits per heavy atom. The van der Waals surface area contributed by atoms with Gasteiger partial charge in [-0.2, -0.15) is 0 Å². The van der Waals surface area contributed by atoms with E-state index in [0.717, 1.165) is 27.7 Å². The maximum atomic E-state index is 5.56. The summed E-state index contributed by atoms with van der Waals surface area (Å²) in [5.74, 6) is 0.296. The summed E-state index contributed by atoms with van der Waals surface area (Å²) in [5.41, 5.74) is 9.60. The lowest BCUT2D eigenvalue weighted by atomic mass is 10.1. The number of pyridine rings is 1. The molecule has 4 nitrogen and oxygen atoms in total. The number of nitrogen functional groups attached to an aromatic ring is 1. The minimum absolute atomic E-state index is 0.296. The summed E-state index contributed by atoms with van der Waals surface area (Å²) in [7, 11) is 0. The Morgan fingerprint density at radius 1 is 1.11 bits per heavy atom. The topological polar surface area (TPSA) is 64.7 Å². The molecule has 4 heteroatoms. The zero-order valence-corrected chi connectivity index (χ0v) is 9.96. The van der Waals surface area contributed by atoms with Gasteiger partial charge in [0, 0.05) is 23.3 Å². The van der Waals surface area contributed by atoms with Gasteiger partial charge in [0.1, 0.15) is 0 Å². The van der Waals surface area contributed by atoms with Crippen molar-refractivity contribution in [2.75, 3.05) is 5.73 Å². The van der Waals surface area contributed by atoms with Gasteiger partial charge in [-0.25, -0.2) is 9.97 Å². The smallest absolute Gasteiger partial charge is 0.220 e. The molecule has 0 radical (unpaired) electrons. The fourth-order valence-corrected chi connectivity index (χ4v) is 1.98. The van der Waals surface area contributed by atoms with Gasteiger partial charge in [0.15, 0.2) is 0 Å². The van der Waals surface area contributed by atoms with Crippen molar-refractivity contribution in [3.05, 3.63) is 48.3 Å². The lowest BCUT2D eigenvalue weighted by molar-refractivity contribution is 1.23. The molecule has 3 aromatic rings. The molecule has 0 fully saturated rings. The number of aryl methyl sites for hydroxylation is 1. The van der Waals surface area contributed by atoms with Crippen molar-refractivity contribution in [3.8, 4) is 11.3 Å². The van der Waals surface area contributed by atoms with Gasteiger partial charge < -0.3 is 5.73 Å². The van der Waals surface area contributed by atoms with E-state index in [2.05, 4.69) is 15.0 Å². The standard InChI is InChI=1S/C14H12N4/c1-9-3-2-6-16-13(9)10-4-5-12-11(7-10)8-17-14(15)18-12/h2-8H,1H3,(H2,15,17,18). The molecule has 0 aliphatic heterocycles. The highest BCUT2D eigenvalue weighted by atomic mass is 15.0. The molecular weight excluding hydrogens is 224 g/mol. The molecule has 0 bridgehead atoms. The molecule has 2 aromatic heterocycles. The van der Waals surface area contributed by atoms with E-state index in [9.17, 15) is 0 Å². The van der Waals surface area contributed by atoms with Gasteiger partial charge >= 0.3 is 0 Å². The van der Waals surface area contributed by atoms with Crippen LogP contribution < -0.4 is 5.73 Å². The predicted octanol–water partition coefficient (Wildman–Crippen LogP) is 2.58. The third-order valence-corrected chi connectivity index (χ3v) is 2.88. The third kappa shape index (κ3) is 1.78. The molecule has 2 N–H and O–H groups in total. The van der Waals surface area contributed by atoms with E-state index < -0.39 is 0 Å². The Labute approximate surface area is 105 Å². The van der Waals surface area contributed by atoms with Gasteiger partial charge in [0.05, 0.1) is 11.2 Å². The number of aromatic nitrogens is 3. The summed E-state index contributed by atoms with van der Waals surface area (Å²) in [6, 6.07) is 9.96. The van der Waals surface area contributed by atoms with Crippen molar-refractivity contribution in [2.24, 2.45) is 0 Å². The first-order valence-electron chi connectivity index (χ1n) is 5.68. The van der Waals surface area contributed by atoms with Crippen molar-refractivity contribution in [1.29, 1.82) is 0 Å². The van der Waals surface area contributed by atoms with Gasteiger partial charge in [0.25, 0.3) is 0 Å². The predicted molar refractivity (Wildman–Crippen MR) is 71.9 cm³/mol. The quantitative estimate of drug-likeness (QED) is 0.705.